The number of pyridine rings is 1. The van der Waals surface area contributed by atoms with Gasteiger partial charge in [0.2, 0.25) is 5.91 Å². The van der Waals surface area contributed by atoms with E-state index in [2.05, 4.69) is 16.7 Å². The number of esters is 1. The van der Waals surface area contributed by atoms with E-state index in [0.717, 1.165) is 0 Å². The van der Waals surface area contributed by atoms with Crippen molar-refractivity contribution in [1.29, 1.82) is 5.26 Å². The molecule has 12 heteroatoms. The van der Waals surface area contributed by atoms with Gasteiger partial charge in [-0.05, 0) is 61.9 Å². The van der Waals surface area contributed by atoms with Crippen LogP contribution in [0.2, 0.25) is 5.02 Å². The van der Waals surface area contributed by atoms with Gasteiger partial charge < -0.3 is 25.2 Å². The second kappa shape index (κ2) is 12.7. The minimum atomic E-state index is -1.09. The van der Waals surface area contributed by atoms with Crippen LogP contribution in [0.4, 0.5) is 5.69 Å². The molecular formula is C29H27ClN4O7. The molecule has 3 N–H and O–H groups in total. The molecule has 1 aromatic heterocycles. The van der Waals surface area contributed by atoms with E-state index in [4.69, 9.17) is 21.1 Å². The molecule has 0 radical (unpaired) electrons. The van der Waals surface area contributed by atoms with E-state index in [1.165, 1.54) is 48.2 Å². The number of carboxylic acids is 1. The van der Waals surface area contributed by atoms with Gasteiger partial charge in [0.15, 0.2) is 0 Å². The van der Waals surface area contributed by atoms with E-state index in [-0.39, 0.29) is 17.7 Å². The smallest absolute Gasteiger partial charge is 0.338 e. The SMILES string of the molecule is CCC(C(=O)Nc1ccc(C(=O)O[C@H]2CCN[C@@H]2C(=O)O)cc1)n1cc(OC)c(-c2cc(Cl)ccc2C#N)cc1=O. The van der Waals surface area contributed by atoms with Gasteiger partial charge in [-0.15, -0.1) is 0 Å². The number of carbonyl (C=O) groups excluding carboxylic acids is 2. The summed E-state index contributed by atoms with van der Waals surface area (Å²) in [4.78, 5) is 50.2. The lowest BCUT2D eigenvalue weighted by atomic mass is 10.00. The van der Waals surface area contributed by atoms with Crippen molar-refractivity contribution < 1.29 is 29.0 Å². The van der Waals surface area contributed by atoms with Crippen LogP contribution in [0.25, 0.3) is 11.1 Å². The molecule has 3 aromatic rings. The molecule has 2 aromatic carbocycles. The summed E-state index contributed by atoms with van der Waals surface area (Å²) in [7, 11) is 1.42. The van der Waals surface area contributed by atoms with Crippen LogP contribution in [0.15, 0.2) is 59.5 Å². The van der Waals surface area contributed by atoms with E-state index in [1.807, 2.05) is 0 Å². The van der Waals surface area contributed by atoms with Crippen LogP contribution in [-0.2, 0) is 14.3 Å². The Labute approximate surface area is 240 Å². The average molecular weight is 579 g/mol. The number of amides is 1. The predicted molar refractivity (Wildman–Crippen MR) is 150 cm³/mol. The van der Waals surface area contributed by atoms with Crippen LogP contribution in [0.5, 0.6) is 5.75 Å². The maximum Gasteiger partial charge on any atom is 0.338 e. The Morgan fingerprint density at radius 3 is 2.56 bits per heavy atom. The zero-order valence-corrected chi connectivity index (χ0v) is 23.0. The first-order chi connectivity index (χ1) is 19.7. The van der Waals surface area contributed by atoms with Gasteiger partial charge >= 0.3 is 11.9 Å². The Bertz CT molecular complexity index is 1580. The number of hydrogen-bond acceptors (Lipinski definition) is 8. The van der Waals surface area contributed by atoms with Gasteiger partial charge in [0.05, 0.1) is 30.5 Å². The summed E-state index contributed by atoms with van der Waals surface area (Å²) in [5.74, 6) is -1.96. The van der Waals surface area contributed by atoms with Crippen LogP contribution in [0.1, 0.15) is 41.7 Å². The topological polar surface area (TPSA) is 160 Å². The highest BCUT2D eigenvalue weighted by molar-refractivity contribution is 6.31. The van der Waals surface area contributed by atoms with Gasteiger partial charge in [-0.2, -0.15) is 5.26 Å². The third kappa shape index (κ3) is 6.40. The van der Waals surface area contributed by atoms with Crippen LogP contribution < -0.4 is 20.9 Å². The number of nitrogens with zero attached hydrogens (tertiary/aromatic N) is 2. The first-order valence-electron chi connectivity index (χ1n) is 12.7. The number of aromatic nitrogens is 1. The number of rotatable bonds is 9. The van der Waals surface area contributed by atoms with Crippen LogP contribution in [0, 0.1) is 11.3 Å². The van der Waals surface area contributed by atoms with E-state index >= 15 is 0 Å². The monoisotopic (exact) mass is 578 g/mol. The molecule has 0 saturated carbocycles. The highest BCUT2D eigenvalue weighted by atomic mass is 35.5. The number of halogens is 1. The molecule has 4 rings (SSSR count). The predicted octanol–water partition coefficient (Wildman–Crippen LogP) is 3.61. The number of nitrogens with one attached hydrogen (secondary N) is 2. The van der Waals surface area contributed by atoms with Crippen LogP contribution in [-0.4, -0.2) is 53.3 Å². The summed E-state index contributed by atoms with van der Waals surface area (Å²) in [6, 6.07) is 12.2. The third-order valence-electron chi connectivity index (χ3n) is 6.76. The molecular weight excluding hydrogens is 552 g/mol. The molecule has 2 heterocycles. The summed E-state index contributed by atoms with van der Waals surface area (Å²) in [5, 5.41) is 24.7. The molecule has 0 spiro atoms. The zero-order chi connectivity index (χ0) is 29.7. The second-order valence-electron chi connectivity index (χ2n) is 9.30. The normalized spacial score (nSPS) is 16.8. The van der Waals surface area contributed by atoms with E-state index in [1.54, 1.807) is 25.1 Å². The molecule has 1 aliphatic rings. The molecule has 41 heavy (non-hydrogen) atoms. The molecule has 0 aliphatic carbocycles. The lowest BCUT2D eigenvalue weighted by Crippen LogP contribution is -2.40. The molecule has 3 atom stereocenters. The molecule has 1 aliphatic heterocycles. The largest absolute Gasteiger partial charge is 0.495 e. The van der Waals surface area contributed by atoms with Crippen molar-refractivity contribution in [3.8, 4) is 22.9 Å². The fourth-order valence-electron chi connectivity index (χ4n) is 4.66. The lowest BCUT2D eigenvalue weighted by Gasteiger charge is -2.20. The summed E-state index contributed by atoms with van der Waals surface area (Å²) in [6.45, 7) is 2.18. The number of carbonyl (C=O) groups is 3. The molecule has 0 bridgehead atoms. The fourth-order valence-corrected chi connectivity index (χ4v) is 4.84. The van der Waals surface area contributed by atoms with Gasteiger partial charge in [0.25, 0.3) is 5.56 Å². The average Bonchev–Trinajstić information content (AvgIpc) is 3.43. The van der Waals surface area contributed by atoms with Crippen molar-refractivity contribution >= 4 is 35.1 Å². The van der Waals surface area contributed by atoms with Gasteiger partial charge in [-0.3, -0.25) is 19.0 Å². The van der Waals surface area contributed by atoms with Crippen molar-refractivity contribution in [2.75, 3.05) is 19.0 Å². The van der Waals surface area contributed by atoms with E-state index in [9.17, 15) is 29.5 Å². The fraction of sp³-hybridized carbons (Fsp3) is 0.276. The van der Waals surface area contributed by atoms with Crippen molar-refractivity contribution in [1.82, 2.24) is 9.88 Å². The maximum absolute atomic E-state index is 13.2. The Kier molecular flexibility index (Phi) is 9.07. The van der Waals surface area contributed by atoms with Gasteiger partial charge in [0.1, 0.15) is 23.9 Å². The van der Waals surface area contributed by atoms with Gasteiger partial charge in [-0.1, -0.05) is 18.5 Å². The van der Waals surface area contributed by atoms with Crippen molar-refractivity contribution in [3.05, 3.63) is 81.2 Å². The van der Waals surface area contributed by atoms with Gasteiger partial charge in [-0.25, -0.2) is 4.79 Å². The van der Waals surface area contributed by atoms with Crippen molar-refractivity contribution in [3.63, 3.8) is 0 Å². The molecule has 1 amide bonds. The Morgan fingerprint density at radius 1 is 1.20 bits per heavy atom. The number of carboxylic acid groups (broad SMARTS) is 1. The maximum atomic E-state index is 13.2. The first-order valence-corrected chi connectivity index (χ1v) is 13.1. The lowest BCUT2D eigenvalue weighted by molar-refractivity contribution is -0.141. The summed E-state index contributed by atoms with van der Waals surface area (Å²) in [6.07, 6.45) is 1.31. The Balaban J connectivity index is 1.52. The molecule has 1 saturated heterocycles. The number of ether oxygens (including phenoxy) is 2. The van der Waals surface area contributed by atoms with Crippen LogP contribution >= 0.6 is 11.6 Å². The number of methoxy groups -OCH3 is 1. The number of nitriles is 1. The second-order valence-corrected chi connectivity index (χ2v) is 9.73. The van der Waals surface area contributed by atoms with Gasteiger partial charge in [0, 0.05) is 27.9 Å². The molecule has 1 unspecified atom stereocenters. The summed E-state index contributed by atoms with van der Waals surface area (Å²) >= 11 is 6.13. The zero-order valence-electron chi connectivity index (χ0n) is 22.2. The summed E-state index contributed by atoms with van der Waals surface area (Å²) in [5.41, 5.74) is 1.20. The Hall–Kier alpha value is -4.66. The number of aliphatic carboxylic acids is 1. The highest BCUT2D eigenvalue weighted by Gasteiger charge is 2.35. The van der Waals surface area contributed by atoms with E-state index < -0.39 is 41.6 Å². The quantitative estimate of drug-likeness (QED) is 0.322. The molecule has 11 nitrogen and oxygen atoms in total. The van der Waals surface area contributed by atoms with E-state index in [0.29, 0.717) is 40.4 Å². The summed E-state index contributed by atoms with van der Waals surface area (Å²) < 4.78 is 12.1. The molecule has 212 valence electrons. The van der Waals surface area contributed by atoms with Crippen LogP contribution in [0.3, 0.4) is 0 Å². The number of anilines is 1. The van der Waals surface area contributed by atoms with Crippen molar-refractivity contribution in [2.45, 2.75) is 38.0 Å². The van der Waals surface area contributed by atoms with Crippen molar-refractivity contribution in [2.24, 2.45) is 0 Å². The third-order valence-corrected chi connectivity index (χ3v) is 6.99. The molecule has 1 fully saturated rings. The number of benzene rings is 2. The Morgan fingerprint density at radius 2 is 1.93 bits per heavy atom. The minimum Gasteiger partial charge on any atom is -0.495 e. The standard InChI is InChI=1S/C29H27ClN4O7/c1-3-22(34-15-24(40-2)21(13-25(34)35)20-12-18(30)7-4-17(20)14-31)27(36)33-19-8-5-16(6-9-19)29(39)41-23-10-11-32-26(23)28(37)38/h4-9,12-13,15,22-23,26,32H,3,10-11H2,1-2H3,(H,33,36)(H,37,38)/t22?,23-,26-/m0/s1. The first kappa shape index (κ1) is 29.3. The minimum absolute atomic E-state index is 0.195. The highest BCUT2D eigenvalue weighted by Crippen LogP contribution is 2.33. The number of hydrogen-bond donors (Lipinski definition) is 3.